The number of nitrogens with zero attached hydrogens (tertiary/aromatic N) is 2. The Morgan fingerprint density at radius 3 is 2.94 bits per heavy atom. The summed E-state index contributed by atoms with van der Waals surface area (Å²) >= 11 is 1.69. The fourth-order valence-corrected chi connectivity index (χ4v) is 6.21. The Morgan fingerprint density at radius 2 is 2.03 bits per heavy atom. The zero-order valence-corrected chi connectivity index (χ0v) is 18.8. The molecule has 3 heterocycles. The summed E-state index contributed by atoms with van der Waals surface area (Å²) in [6.07, 6.45) is 6.67. The second-order valence-corrected chi connectivity index (χ2v) is 9.98. The normalized spacial score (nSPS) is 24.5. The molecule has 1 amide bonds. The molecule has 1 fully saturated rings. The predicted molar refractivity (Wildman–Crippen MR) is 126 cm³/mol. The van der Waals surface area contributed by atoms with Gasteiger partial charge in [-0.25, -0.2) is 4.98 Å². The van der Waals surface area contributed by atoms with Gasteiger partial charge in [-0.05, 0) is 49.3 Å². The van der Waals surface area contributed by atoms with Crippen LogP contribution in [-0.4, -0.2) is 40.2 Å². The first kappa shape index (κ1) is 19.9. The van der Waals surface area contributed by atoms with Gasteiger partial charge in [-0.15, -0.1) is 11.3 Å². The number of hydrogen-bond acceptors (Lipinski definition) is 5. The van der Waals surface area contributed by atoms with Crippen LogP contribution >= 0.6 is 11.3 Å². The molecule has 3 atom stereocenters. The second kappa shape index (κ2) is 8.30. The zero-order chi connectivity index (χ0) is 21.5. The van der Waals surface area contributed by atoms with Crippen LogP contribution in [0.1, 0.15) is 51.8 Å². The van der Waals surface area contributed by atoms with E-state index in [1.54, 1.807) is 11.3 Å². The quantitative estimate of drug-likeness (QED) is 0.575. The largest absolute Gasteiger partial charge is 0.351 e. The maximum absolute atomic E-state index is 13.3. The molecule has 1 aromatic carbocycles. The summed E-state index contributed by atoms with van der Waals surface area (Å²) in [4.78, 5) is 19.0. The average Bonchev–Trinajstić information content (AvgIpc) is 3.58. The van der Waals surface area contributed by atoms with Crippen molar-refractivity contribution >= 4 is 28.9 Å². The molecule has 6 rings (SSSR count). The van der Waals surface area contributed by atoms with Crippen LogP contribution in [-0.2, 0) is 24.1 Å². The standard InChI is InChI=1S/C25H27N5OS/c31-25(28-22-13-26-12-19(22)15-4-2-1-3-5-15)17-7-8-20-18(10-17)24(30-29-20)16-6-9-21-23(11-16)32-14-27-21/h1-5,11,14,17,19,22,26H,6-10,12-13H2,(H,28,31)(H,29,30)/t17-,19+,22-/m0/s1. The third-order valence-corrected chi connectivity index (χ3v) is 8.02. The van der Waals surface area contributed by atoms with Crippen LogP contribution in [0.5, 0.6) is 0 Å². The van der Waals surface area contributed by atoms with E-state index in [2.05, 4.69) is 56.2 Å². The lowest BCUT2D eigenvalue weighted by Gasteiger charge is -2.26. The second-order valence-electron chi connectivity index (χ2n) is 9.09. The number of H-pyrrole nitrogens is 1. The van der Waals surface area contributed by atoms with Crippen LogP contribution < -0.4 is 10.6 Å². The minimum atomic E-state index is -0.000899. The van der Waals surface area contributed by atoms with Gasteiger partial charge in [-0.3, -0.25) is 9.89 Å². The van der Waals surface area contributed by atoms with E-state index in [-0.39, 0.29) is 17.9 Å². The Kier molecular flexibility index (Phi) is 5.15. The molecule has 0 radical (unpaired) electrons. The number of benzene rings is 1. The van der Waals surface area contributed by atoms with Crippen LogP contribution in [0.15, 0.2) is 35.8 Å². The van der Waals surface area contributed by atoms with Gasteiger partial charge in [0.15, 0.2) is 0 Å². The third-order valence-electron chi connectivity index (χ3n) is 7.20. The number of aryl methyl sites for hydroxylation is 2. The number of aromatic nitrogens is 3. The number of carbonyl (C=O) groups is 1. The lowest BCUT2D eigenvalue weighted by atomic mass is 9.83. The van der Waals surface area contributed by atoms with Crippen molar-refractivity contribution in [1.29, 1.82) is 0 Å². The maximum Gasteiger partial charge on any atom is 0.223 e. The molecule has 0 saturated carbocycles. The molecule has 32 heavy (non-hydrogen) atoms. The molecule has 1 saturated heterocycles. The third kappa shape index (κ3) is 3.59. The summed E-state index contributed by atoms with van der Waals surface area (Å²) in [5, 5.41) is 14.8. The number of carbonyl (C=O) groups excluding carboxylic acids is 1. The molecule has 0 spiro atoms. The Morgan fingerprint density at radius 1 is 1.12 bits per heavy atom. The van der Waals surface area contributed by atoms with Crippen LogP contribution in [0.25, 0.3) is 11.6 Å². The number of allylic oxidation sites excluding steroid dienone is 1. The van der Waals surface area contributed by atoms with Crippen molar-refractivity contribution < 1.29 is 4.79 Å². The monoisotopic (exact) mass is 445 g/mol. The van der Waals surface area contributed by atoms with E-state index in [9.17, 15) is 4.79 Å². The van der Waals surface area contributed by atoms with E-state index >= 15 is 0 Å². The Hall–Kier alpha value is -2.77. The van der Waals surface area contributed by atoms with Crippen molar-refractivity contribution in [1.82, 2.24) is 25.8 Å². The first-order valence-electron chi connectivity index (χ1n) is 11.5. The van der Waals surface area contributed by atoms with Gasteiger partial charge in [0.1, 0.15) is 0 Å². The maximum atomic E-state index is 13.3. The van der Waals surface area contributed by atoms with Crippen LogP contribution in [0, 0.1) is 5.92 Å². The van der Waals surface area contributed by atoms with Crippen molar-refractivity contribution in [3.63, 3.8) is 0 Å². The van der Waals surface area contributed by atoms with Gasteiger partial charge in [-0.1, -0.05) is 30.3 Å². The van der Waals surface area contributed by atoms with Crippen LogP contribution in [0.4, 0.5) is 0 Å². The van der Waals surface area contributed by atoms with Crippen molar-refractivity contribution in [2.75, 3.05) is 13.1 Å². The summed E-state index contributed by atoms with van der Waals surface area (Å²) in [6.45, 7) is 1.73. The van der Waals surface area contributed by atoms with Crippen molar-refractivity contribution in [3.05, 3.63) is 68.9 Å². The molecular formula is C25H27N5OS. The SMILES string of the molecule is O=C(N[C@H]1CNC[C@@H]1c1ccccc1)[C@H]1CCc2[nH]nc(C3=Cc4scnc4CC3)c2C1. The number of aromatic amines is 1. The number of fused-ring (bicyclic) bond motifs is 2. The number of rotatable bonds is 4. The topological polar surface area (TPSA) is 82.7 Å². The average molecular weight is 446 g/mol. The van der Waals surface area contributed by atoms with Gasteiger partial charge in [0, 0.05) is 42.2 Å². The van der Waals surface area contributed by atoms with Gasteiger partial charge in [0.2, 0.25) is 5.91 Å². The van der Waals surface area contributed by atoms with Gasteiger partial charge < -0.3 is 10.6 Å². The number of thiazole rings is 1. The lowest BCUT2D eigenvalue weighted by Crippen LogP contribution is -2.44. The summed E-state index contributed by atoms with van der Waals surface area (Å²) in [6, 6.07) is 10.7. The number of hydrogen-bond donors (Lipinski definition) is 3. The van der Waals surface area contributed by atoms with Crippen LogP contribution in [0.3, 0.4) is 0 Å². The Balaban J connectivity index is 1.18. The highest BCUT2D eigenvalue weighted by molar-refractivity contribution is 7.10. The van der Waals surface area contributed by atoms with Crippen molar-refractivity contribution in [2.45, 2.75) is 44.1 Å². The molecule has 3 aromatic rings. The first-order chi connectivity index (χ1) is 15.8. The summed E-state index contributed by atoms with van der Waals surface area (Å²) in [5.74, 6) is 0.503. The highest BCUT2D eigenvalue weighted by Crippen LogP contribution is 2.36. The summed E-state index contributed by atoms with van der Waals surface area (Å²) in [7, 11) is 0. The lowest BCUT2D eigenvalue weighted by molar-refractivity contribution is -0.126. The molecule has 7 heteroatoms. The number of nitrogens with one attached hydrogen (secondary N) is 3. The molecule has 0 unspecified atom stereocenters. The molecule has 3 N–H and O–H groups in total. The fraction of sp³-hybridized carbons (Fsp3) is 0.400. The fourth-order valence-electron chi connectivity index (χ4n) is 5.42. The minimum Gasteiger partial charge on any atom is -0.351 e. The molecule has 2 aromatic heterocycles. The Bertz CT molecular complexity index is 1160. The van der Waals surface area contributed by atoms with Gasteiger partial charge in [-0.2, -0.15) is 5.10 Å². The molecule has 1 aliphatic heterocycles. The highest BCUT2D eigenvalue weighted by Gasteiger charge is 2.34. The minimum absolute atomic E-state index is 0.000899. The molecule has 2 aliphatic carbocycles. The van der Waals surface area contributed by atoms with E-state index in [4.69, 9.17) is 0 Å². The van der Waals surface area contributed by atoms with Gasteiger partial charge in [0.05, 0.1) is 21.8 Å². The van der Waals surface area contributed by atoms with E-state index < -0.39 is 0 Å². The van der Waals surface area contributed by atoms with Crippen LogP contribution in [0.2, 0.25) is 0 Å². The number of amides is 1. The Labute approximate surface area is 191 Å². The van der Waals surface area contributed by atoms with Gasteiger partial charge in [0.25, 0.3) is 0 Å². The van der Waals surface area contributed by atoms with E-state index in [1.807, 2.05) is 11.6 Å². The first-order valence-corrected chi connectivity index (χ1v) is 12.4. The smallest absolute Gasteiger partial charge is 0.223 e. The predicted octanol–water partition coefficient (Wildman–Crippen LogP) is 3.33. The molecule has 6 nitrogen and oxygen atoms in total. The van der Waals surface area contributed by atoms with Gasteiger partial charge >= 0.3 is 0 Å². The van der Waals surface area contributed by atoms with Crippen molar-refractivity contribution in [2.24, 2.45) is 5.92 Å². The summed E-state index contributed by atoms with van der Waals surface area (Å²) in [5.41, 5.74) is 9.16. The molecular weight excluding hydrogens is 418 g/mol. The van der Waals surface area contributed by atoms with E-state index in [0.717, 1.165) is 50.9 Å². The molecule has 3 aliphatic rings. The zero-order valence-electron chi connectivity index (χ0n) is 17.9. The highest BCUT2D eigenvalue weighted by atomic mass is 32.1. The van der Waals surface area contributed by atoms with E-state index in [0.29, 0.717) is 5.92 Å². The molecule has 0 bridgehead atoms. The van der Waals surface area contributed by atoms with E-state index in [1.165, 1.54) is 33.0 Å². The molecule has 164 valence electrons. The summed E-state index contributed by atoms with van der Waals surface area (Å²) < 4.78 is 0. The van der Waals surface area contributed by atoms with Crippen molar-refractivity contribution in [3.8, 4) is 0 Å².